The first-order valence-electron chi connectivity index (χ1n) is 20.2. The topological polar surface area (TPSA) is 6.25 Å². The summed E-state index contributed by atoms with van der Waals surface area (Å²) in [6.45, 7) is 24.0. The Kier molecular flexibility index (Phi) is 22.2. The zero-order valence-corrected chi connectivity index (χ0v) is 38.5. The van der Waals surface area contributed by atoms with Crippen LogP contribution >= 0.6 is 20.3 Å². The number of rotatable bonds is 5. The van der Waals surface area contributed by atoms with E-state index in [-0.39, 0.29) is 55.1 Å². The summed E-state index contributed by atoms with van der Waals surface area (Å²) < 4.78 is 2.30. The van der Waals surface area contributed by atoms with E-state index in [1.165, 1.54) is 47.5 Å². The molecule has 0 unspecified atom stereocenters. The second kappa shape index (κ2) is 23.4. The number of anilines is 1. The van der Waals surface area contributed by atoms with Gasteiger partial charge >= 0.3 is 25.8 Å². The van der Waals surface area contributed by atoms with Crippen molar-refractivity contribution >= 4 is 32.4 Å². The van der Waals surface area contributed by atoms with Crippen LogP contribution in [0.5, 0.6) is 0 Å². The van der Waals surface area contributed by atoms with Gasteiger partial charge in [-0.1, -0.05) is 146 Å². The molecule has 2 nitrogen and oxygen atoms in total. The van der Waals surface area contributed by atoms with E-state index in [1.807, 2.05) is 30.7 Å². The molecule has 0 bridgehead atoms. The Hall–Kier alpha value is -0.677. The van der Waals surface area contributed by atoms with Gasteiger partial charge in [0.25, 0.3) is 0 Å². The molecule has 0 amide bonds. The molecule has 1 aromatic carbocycles. The zero-order valence-electron chi connectivity index (χ0n) is 34.3. The summed E-state index contributed by atoms with van der Waals surface area (Å²) in [7, 11) is 2.56. The summed E-state index contributed by atoms with van der Waals surface area (Å²) >= 11 is 0. The predicted octanol–water partition coefficient (Wildman–Crippen LogP) is 10.6. The van der Waals surface area contributed by atoms with Gasteiger partial charge in [0.15, 0.2) is 0 Å². The van der Waals surface area contributed by atoms with Crippen LogP contribution in [0, 0.1) is 23.8 Å². The van der Waals surface area contributed by atoms with Crippen molar-refractivity contribution in [3.8, 4) is 0 Å². The van der Waals surface area contributed by atoms with E-state index in [0.717, 1.165) is 5.57 Å². The van der Waals surface area contributed by atoms with Gasteiger partial charge in [-0.2, -0.15) is 18.6 Å². The second-order valence-electron chi connectivity index (χ2n) is 18.1. The molecule has 2 radical (unpaired) electrons. The minimum Gasteiger partial charge on any atom is -1.00 e. The standard InChI is InChI=1S/C21H34N2.C18H33P.C7H6.2ClH.Ru/c1-15(2)16-12-10-11-13-17(16)23-14-22(9)18(20(3,4)5)19(23)21(6,7)8;1-4-10-16(11-5-1)19(17-12-6-2-7-13-17)18-14-8-3-9-15-18;1-7-5-3-2-4-6-7;;;/h10-13,15,18-19H,1-9H3;16-18H,1-15H2;1-6H;2*1H;/q+1;;;;;+1/p-1/t18-,19-;;;;;/m0...../s1. The van der Waals surface area contributed by atoms with Gasteiger partial charge in [-0.05, 0) is 73.1 Å². The predicted molar refractivity (Wildman–Crippen MR) is 226 cm³/mol. The molecular weight excluding hydrogens is 783 g/mol. The third-order valence-electron chi connectivity index (χ3n) is 11.6. The monoisotopic (exact) mass is 857 g/mol. The van der Waals surface area contributed by atoms with Crippen molar-refractivity contribution in [2.24, 2.45) is 10.8 Å². The van der Waals surface area contributed by atoms with Gasteiger partial charge in [0.1, 0.15) is 17.8 Å². The van der Waals surface area contributed by atoms with Gasteiger partial charge in [-0.15, -0.1) is 24.6 Å². The van der Waals surface area contributed by atoms with Gasteiger partial charge in [0.05, 0.1) is 7.05 Å². The second-order valence-corrected chi connectivity index (χ2v) is 21.2. The zero-order chi connectivity index (χ0) is 35.6. The number of hydrogen-bond acceptors (Lipinski definition) is 1. The van der Waals surface area contributed by atoms with E-state index < -0.39 is 0 Å². The van der Waals surface area contributed by atoms with E-state index in [1.54, 1.807) is 77.0 Å². The van der Waals surface area contributed by atoms with Crippen molar-refractivity contribution in [2.45, 2.75) is 187 Å². The van der Waals surface area contributed by atoms with Crippen molar-refractivity contribution < 1.29 is 36.5 Å². The van der Waals surface area contributed by atoms with Crippen molar-refractivity contribution in [1.29, 1.82) is 0 Å². The van der Waals surface area contributed by atoms with Gasteiger partial charge in [0.2, 0.25) is 0 Å². The van der Waals surface area contributed by atoms with Gasteiger partial charge < -0.3 is 12.4 Å². The van der Waals surface area contributed by atoms with E-state index in [9.17, 15) is 0 Å². The molecule has 52 heavy (non-hydrogen) atoms. The van der Waals surface area contributed by atoms with Crippen LogP contribution in [0.1, 0.15) is 163 Å². The molecule has 3 fully saturated rings. The fraction of sp³-hybridized carbons (Fsp3) is 0.696. The van der Waals surface area contributed by atoms with Crippen molar-refractivity contribution in [3.63, 3.8) is 0 Å². The molecule has 3 saturated carbocycles. The molecule has 6 heteroatoms. The smallest absolute Gasteiger partial charge is 1.00 e. The fourth-order valence-electron chi connectivity index (χ4n) is 9.45. The fourth-order valence-corrected chi connectivity index (χ4v) is 14.1. The molecule has 4 aliphatic carbocycles. The van der Waals surface area contributed by atoms with Crippen LogP contribution in [0.3, 0.4) is 0 Å². The molecule has 5 aliphatic rings. The molecule has 0 aromatic heterocycles. The molecule has 1 aliphatic heterocycles. The van der Waals surface area contributed by atoms with E-state index in [4.69, 9.17) is 6.58 Å². The van der Waals surface area contributed by atoms with Crippen LogP contribution < -0.4 is 17.3 Å². The SMILES string of the molecule is C1CCC(P(C2CCCCC2)C2CCCCC2)CC1.CC(C)c1ccccc1N1[C]=[N+](C)[C@H](C(C)(C)C)[C@H]1C(C)(C)C.Cl.[CH+]=C1C=C[CH-]C=C1.[Cl-].[Ru+]. The molecule has 0 spiro atoms. The quantitative estimate of drug-likeness (QED) is 0.124. The van der Waals surface area contributed by atoms with Crippen LogP contribution in [0.2, 0.25) is 0 Å². The first-order valence-corrected chi connectivity index (χ1v) is 21.8. The number of allylic oxidation sites excluding steroid dienone is 5. The maximum Gasteiger partial charge on any atom is 1.00 e. The third kappa shape index (κ3) is 14.1. The average molecular weight is 858 g/mol. The van der Waals surface area contributed by atoms with Gasteiger partial charge in [-0.3, -0.25) is 0 Å². The van der Waals surface area contributed by atoms with E-state index >= 15 is 0 Å². The van der Waals surface area contributed by atoms with Crippen molar-refractivity contribution in [2.75, 3.05) is 11.9 Å². The van der Waals surface area contributed by atoms with Crippen molar-refractivity contribution in [3.05, 3.63) is 72.7 Å². The molecule has 6 rings (SSSR count). The Morgan fingerprint density at radius 2 is 1.17 bits per heavy atom. The van der Waals surface area contributed by atoms with Gasteiger partial charge in [-0.25, -0.2) is 9.48 Å². The Morgan fingerprint density at radius 1 is 0.750 bits per heavy atom. The van der Waals surface area contributed by atoms with Crippen molar-refractivity contribution in [1.82, 2.24) is 0 Å². The minimum atomic E-state index is 0. The minimum absolute atomic E-state index is 0. The molecular formula is C46H74Cl2N2PRu+. The van der Waals surface area contributed by atoms with Crippen LogP contribution in [-0.2, 0) is 19.5 Å². The summed E-state index contributed by atoms with van der Waals surface area (Å²) in [5.41, 5.74) is 7.46. The van der Waals surface area contributed by atoms with E-state index in [0.29, 0.717) is 25.9 Å². The Labute approximate surface area is 348 Å². The maximum atomic E-state index is 5.36. The Balaban J connectivity index is 0.000000421. The number of halogens is 2. The summed E-state index contributed by atoms with van der Waals surface area (Å²) in [6, 6.07) is 9.63. The van der Waals surface area contributed by atoms with Crippen LogP contribution in [0.25, 0.3) is 0 Å². The van der Waals surface area contributed by atoms with Crippen LogP contribution in [0.4, 0.5) is 5.69 Å². The summed E-state index contributed by atoms with van der Waals surface area (Å²) in [6.07, 6.45) is 36.8. The molecule has 2 atom stereocenters. The summed E-state index contributed by atoms with van der Waals surface area (Å²) in [5.74, 6) is 0.507. The summed E-state index contributed by atoms with van der Waals surface area (Å²) in [4.78, 5) is 2.41. The first kappa shape index (κ1) is 49.3. The van der Waals surface area contributed by atoms with Crippen LogP contribution in [0.15, 0.2) is 54.1 Å². The molecule has 1 aromatic rings. The Morgan fingerprint density at radius 3 is 1.52 bits per heavy atom. The normalized spacial score (nSPS) is 22.8. The number of para-hydroxylation sites is 1. The number of hydrogen-bond donors (Lipinski definition) is 0. The van der Waals surface area contributed by atoms with E-state index in [2.05, 4.69) is 103 Å². The molecule has 1 heterocycles. The third-order valence-corrected chi connectivity index (χ3v) is 15.7. The maximum absolute atomic E-state index is 5.36. The average Bonchev–Trinajstić information content (AvgIpc) is 3.46. The molecule has 0 saturated heterocycles. The first-order chi connectivity index (χ1) is 23.3. The largest absolute Gasteiger partial charge is 1.00 e. The number of nitrogens with zero attached hydrogens (tertiary/aromatic N) is 2. The molecule has 294 valence electrons. The number of likely N-dealkylation sites (N-methyl/N-ethyl adjacent to an activating group) is 1. The summed E-state index contributed by atoms with van der Waals surface area (Å²) in [5, 5.41) is 0. The van der Waals surface area contributed by atoms with Gasteiger partial charge in [0, 0.05) is 16.4 Å². The molecule has 0 N–H and O–H groups in total. The Bertz CT molecular complexity index is 1200. The van der Waals surface area contributed by atoms with Crippen LogP contribution in [-0.4, -0.2) is 47.0 Å². The number of benzene rings is 1.